The van der Waals surface area contributed by atoms with Crippen LogP contribution in [0.5, 0.6) is 5.75 Å². The van der Waals surface area contributed by atoms with Crippen molar-refractivity contribution >= 4 is 22.5 Å². The second-order valence-electron chi connectivity index (χ2n) is 10.2. The highest BCUT2D eigenvalue weighted by molar-refractivity contribution is 5.92. The van der Waals surface area contributed by atoms with Gasteiger partial charge in [0.15, 0.2) is 17.0 Å². The standard InChI is InChI=1S/C29H28F4N6O2/c30-23-18-22-24(40)8-13-39(21-6-4-20(5-7-21)19-36-11-1-2-12-36)25(22)27(41-29(31,32)33)26(23)37-14-16-38(17-15-37)28-34-9-3-10-35-28/h3-10,13,18H,1-2,11-12,14-17,19H2. The maximum absolute atomic E-state index is 15.6. The largest absolute Gasteiger partial charge is 0.573 e. The van der Waals surface area contributed by atoms with Gasteiger partial charge in [0.05, 0.1) is 5.39 Å². The van der Waals surface area contributed by atoms with Gasteiger partial charge in [-0.25, -0.2) is 14.4 Å². The van der Waals surface area contributed by atoms with E-state index in [0.29, 0.717) is 24.7 Å². The summed E-state index contributed by atoms with van der Waals surface area (Å²) >= 11 is 0. The Kier molecular flexibility index (Phi) is 7.24. The molecule has 4 heterocycles. The van der Waals surface area contributed by atoms with E-state index in [1.54, 1.807) is 30.6 Å². The molecule has 2 aliphatic rings. The lowest BCUT2D eigenvalue weighted by Crippen LogP contribution is -2.47. The second-order valence-corrected chi connectivity index (χ2v) is 10.2. The van der Waals surface area contributed by atoms with Crippen LogP contribution in [0.25, 0.3) is 16.6 Å². The van der Waals surface area contributed by atoms with Crippen LogP contribution in [-0.2, 0) is 6.54 Å². The number of alkyl halides is 3. The number of fused-ring (bicyclic) bond motifs is 1. The van der Waals surface area contributed by atoms with Crippen molar-refractivity contribution in [3.05, 3.63) is 82.7 Å². The highest BCUT2D eigenvalue weighted by Gasteiger charge is 2.37. The number of rotatable bonds is 6. The van der Waals surface area contributed by atoms with E-state index in [2.05, 4.69) is 19.6 Å². The second kappa shape index (κ2) is 11.0. The fraction of sp³-hybridized carbons (Fsp3) is 0.345. The first-order chi connectivity index (χ1) is 19.8. The number of hydrogen-bond donors (Lipinski definition) is 0. The summed E-state index contributed by atoms with van der Waals surface area (Å²) in [6.07, 6.45) is 1.81. The zero-order valence-electron chi connectivity index (χ0n) is 22.1. The summed E-state index contributed by atoms with van der Waals surface area (Å²) in [5.41, 5.74) is 0.502. The van der Waals surface area contributed by atoms with Crippen LogP contribution in [0.3, 0.4) is 0 Å². The number of nitrogens with zero attached hydrogens (tertiary/aromatic N) is 6. The van der Waals surface area contributed by atoms with E-state index in [4.69, 9.17) is 0 Å². The van der Waals surface area contributed by atoms with Gasteiger partial charge in [-0.1, -0.05) is 12.1 Å². The van der Waals surface area contributed by atoms with Gasteiger partial charge in [0.25, 0.3) is 0 Å². The van der Waals surface area contributed by atoms with Gasteiger partial charge in [-0.15, -0.1) is 13.2 Å². The van der Waals surface area contributed by atoms with Crippen LogP contribution >= 0.6 is 0 Å². The van der Waals surface area contributed by atoms with Crippen LogP contribution in [0.1, 0.15) is 18.4 Å². The lowest BCUT2D eigenvalue weighted by Gasteiger charge is -2.37. The van der Waals surface area contributed by atoms with Crippen molar-refractivity contribution in [2.75, 3.05) is 49.1 Å². The quantitative estimate of drug-likeness (QED) is 0.312. The Balaban J connectivity index is 1.42. The van der Waals surface area contributed by atoms with E-state index in [9.17, 15) is 18.0 Å². The fourth-order valence-electron chi connectivity index (χ4n) is 5.61. The predicted molar refractivity (Wildman–Crippen MR) is 147 cm³/mol. The van der Waals surface area contributed by atoms with Crippen molar-refractivity contribution in [2.45, 2.75) is 25.7 Å². The van der Waals surface area contributed by atoms with Crippen molar-refractivity contribution in [3.63, 3.8) is 0 Å². The summed E-state index contributed by atoms with van der Waals surface area (Å²) < 4.78 is 63.1. The average Bonchev–Trinajstić information content (AvgIpc) is 3.47. The Morgan fingerprint density at radius 3 is 2.20 bits per heavy atom. The molecule has 2 aliphatic heterocycles. The molecule has 2 aromatic heterocycles. The van der Waals surface area contributed by atoms with E-state index in [0.717, 1.165) is 44.1 Å². The molecule has 0 spiro atoms. The molecule has 4 aromatic rings. The minimum Gasteiger partial charge on any atom is -0.401 e. The van der Waals surface area contributed by atoms with Crippen LogP contribution in [0.15, 0.2) is 65.8 Å². The average molecular weight is 569 g/mol. The third kappa shape index (κ3) is 5.69. The SMILES string of the molecule is O=c1ccn(-c2ccc(CN3CCCC3)cc2)c2c(OC(F)(F)F)c(N3CCN(c4ncccn4)CC3)c(F)cc12. The maximum Gasteiger partial charge on any atom is 0.573 e. The molecule has 214 valence electrons. The normalized spacial score (nSPS) is 16.5. The number of ether oxygens (including phenoxy) is 1. The number of aromatic nitrogens is 3. The maximum atomic E-state index is 15.6. The fourth-order valence-corrected chi connectivity index (χ4v) is 5.61. The van der Waals surface area contributed by atoms with E-state index in [-0.39, 0.29) is 29.7 Å². The van der Waals surface area contributed by atoms with E-state index < -0.39 is 23.4 Å². The lowest BCUT2D eigenvalue weighted by atomic mass is 10.1. The van der Waals surface area contributed by atoms with Crippen LogP contribution < -0.4 is 20.0 Å². The van der Waals surface area contributed by atoms with Gasteiger partial charge >= 0.3 is 6.36 Å². The molecule has 0 amide bonds. The first kappa shape index (κ1) is 27.0. The Bertz CT molecular complexity index is 1580. The number of pyridine rings is 1. The Labute approximate surface area is 233 Å². The minimum absolute atomic E-state index is 0.146. The third-order valence-electron chi connectivity index (χ3n) is 7.53. The summed E-state index contributed by atoms with van der Waals surface area (Å²) in [6.45, 7) is 3.94. The molecule has 0 radical (unpaired) electrons. The lowest BCUT2D eigenvalue weighted by molar-refractivity contribution is -0.274. The topological polar surface area (TPSA) is 66.7 Å². The summed E-state index contributed by atoms with van der Waals surface area (Å²) in [5, 5.41) is -0.203. The molecule has 8 nitrogen and oxygen atoms in total. The molecule has 41 heavy (non-hydrogen) atoms. The molecule has 12 heteroatoms. The number of piperazine rings is 1. The van der Waals surface area contributed by atoms with E-state index in [1.807, 2.05) is 17.0 Å². The number of benzene rings is 2. The van der Waals surface area contributed by atoms with Crippen LogP contribution in [0, 0.1) is 5.82 Å². The van der Waals surface area contributed by atoms with Crippen molar-refractivity contribution in [1.29, 1.82) is 0 Å². The molecule has 0 saturated carbocycles. The highest BCUT2D eigenvalue weighted by Crippen LogP contribution is 2.42. The molecule has 2 aromatic carbocycles. The first-order valence-electron chi connectivity index (χ1n) is 13.5. The Hall–Kier alpha value is -4.19. The summed E-state index contributed by atoms with van der Waals surface area (Å²) in [5.74, 6) is -1.22. The van der Waals surface area contributed by atoms with Gasteiger partial charge in [0, 0.05) is 63.1 Å². The number of halogens is 4. The van der Waals surface area contributed by atoms with Crippen LogP contribution in [-0.4, -0.2) is 65.1 Å². The Morgan fingerprint density at radius 1 is 0.878 bits per heavy atom. The molecular formula is C29H28F4N6O2. The molecule has 2 fully saturated rings. The smallest absolute Gasteiger partial charge is 0.401 e. The molecule has 0 N–H and O–H groups in total. The molecule has 6 rings (SSSR count). The summed E-state index contributed by atoms with van der Waals surface area (Å²) in [4.78, 5) is 27.0. The van der Waals surface area contributed by atoms with Crippen LogP contribution in [0.2, 0.25) is 0 Å². The van der Waals surface area contributed by atoms with Gasteiger partial charge in [0.1, 0.15) is 11.2 Å². The van der Waals surface area contributed by atoms with Crippen molar-refractivity contribution < 1.29 is 22.3 Å². The van der Waals surface area contributed by atoms with Crippen LogP contribution in [0.4, 0.5) is 29.2 Å². The molecule has 0 bridgehead atoms. The molecule has 2 saturated heterocycles. The predicted octanol–water partition coefficient (Wildman–Crippen LogP) is 4.74. The highest BCUT2D eigenvalue weighted by atomic mass is 19.4. The number of likely N-dealkylation sites (tertiary alicyclic amines) is 1. The zero-order chi connectivity index (χ0) is 28.6. The molecule has 0 aliphatic carbocycles. The third-order valence-corrected chi connectivity index (χ3v) is 7.53. The van der Waals surface area contributed by atoms with Crippen molar-refractivity contribution in [2.24, 2.45) is 0 Å². The number of anilines is 2. The first-order valence-corrected chi connectivity index (χ1v) is 13.5. The van der Waals surface area contributed by atoms with E-state index >= 15 is 4.39 Å². The summed E-state index contributed by atoms with van der Waals surface area (Å²) in [7, 11) is 0. The van der Waals surface area contributed by atoms with Gasteiger partial charge in [-0.2, -0.15) is 0 Å². The Morgan fingerprint density at radius 2 is 1.54 bits per heavy atom. The van der Waals surface area contributed by atoms with Gasteiger partial charge in [-0.05, 0) is 55.8 Å². The molecule has 0 atom stereocenters. The minimum atomic E-state index is -5.12. The van der Waals surface area contributed by atoms with Crippen molar-refractivity contribution in [1.82, 2.24) is 19.4 Å². The number of hydrogen-bond acceptors (Lipinski definition) is 7. The monoisotopic (exact) mass is 568 g/mol. The van der Waals surface area contributed by atoms with Gasteiger partial charge in [-0.3, -0.25) is 9.69 Å². The van der Waals surface area contributed by atoms with Gasteiger partial charge in [0.2, 0.25) is 5.95 Å². The molecular weight excluding hydrogens is 540 g/mol. The van der Waals surface area contributed by atoms with Crippen molar-refractivity contribution in [3.8, 4) is 11.4 Å². The van der Waals surface area contributed by atoms with Gasteiger partial charge < -0.3 is 19.1 Å². The molecule has 0 unspecified atom stereocenters. The van der Waals surface area contributed by atoms with E-state index in [1.165, 1.54) is 21.7 Å². The summed E-state index contributed by atoms with van der Waals surface area (Å²) in [6, 6.07) is 11.3. The zero-order valence-corrected chi connectivity index (χ0v) is 22.1.